The molecular weight excluding hydrogens is 514 g/mol. The maximum absolute atomic E-state index is 13.2. The van der Waals surface area contributed by atoms with Gasteiger partial charge in [0.05, 0.1) is 17.1 Å². The number of fused-ring (bicyclic) bond motifs is 2. The number of benzene rings is 4. The van der Waals surface area contributed by atoms with Crippen LogP contribution < -0.4 is 10.7 Å². The van der Waals surface area contributed by atoms with Crippen LogP contribution in [-0.4, -0.2) is 17.5 Å². The molecule has 0 atom stereocenters. The van der Waals surface area contributed by atoms with E-state index in [2.05, 4.69) is 26.1 Å². The van der Waals surface area contributed by atoms with Crippen molar-refractivity contribution in [3.05, 3.63) is 125 Å². The molecule has 0 fully saturated rings. The first-order valence-electron chi connectivity index (χ1n) is 13.4. The lowest BCUT2D eigenvalue weighted by atomic mass is 9.93. The number of furan rings is 1. The minimum atomic E-state index is -0.352. The van der Waals surface area contributed by atoms with Gasteiger partial charge in [-0.15, -0.1) is 0 Å². The molecule has 8 nitrogen and oxygen atoms in total. The summed E-state index contributed by atoms with van der Waals surface area (Å²) in [6.45, 7) is 1.84. The molecule has 2 amide bonds. The Morgan fingerprint density at radius 2 is 1.46 bits per heavy atom. The molecule has 2 N–H and O–H groups in total. The summed E-state index contributed by atoms with van der Waals surface area (Å²) in [5, 5.41) is 17.7. The third-order valence-corrected chi connectivity index (χ3v) is 7.02. The number of rotatable bonds is 6. The maximum Gasteiger partial charge on any atom is 0.291 e. The summed E-state index contributed by atoms with van der Waals surface area (Å²) in [5.74, 6) is 0.300. The first-order chi connectivity index (χ1) is 20.1. The Balaban J connectivity index is 1.17. The molecule has 0 bridgehead atoms. The van der Waals surface area contributed by atoms with Crippen LogP contribution in [0.4, 0.5) is 17.1 Å². The molecule has 5 aromatic rings. The molecule has 0 unspecified atom stereocenters. The second-order valence-corrected chi connectivity index (χ2v) is 9.77. The van der Waals surface area contributed by atoms with Crippen molar-refractivity contribution in [3.8, 4) is 0 Å². The Labute approximate surface area is 236 Å². The summed E-state index contributed by atoms with van der Waals surface area (Å²) in [7, 11) is 0. The van der Waals surface area contributed by atoms with E-state index in [1.807, 2.05) is 73.7 Å². The number of amides is 2. The van der Waals surface area contributed by atoms with E-state index in [1.165, 1.54) is 0 Å². The monoisotopic (exact) mass is 541 g/mol. The van der Waals surface area contributed by atoms with Crippen molar-refractivity contribution in [1.29, 1.82) is 0 Å². The van der Waals surface area contributed by atoms with Gasteiger partial charge in [-0.05, 0) is 73.0 Å². The molecule has 6 rings (SSSR count). The van der Waals surface area contributed by atoms with Gasteiger partial charge in [-0.1, -0.05) is 54.6 Å². The van der Waals surface area contributed by atoms with Crippen LogP contribution in [0.25, 0.3) is 10.8 Å². The van der Waals surface area contributed by atoms with E-state index in [0.717, 1.165) is 28.4 Å². The number of anilines is 1. The average Bonchev–Trinajstić information content (AvgIpc) is 3.36. The van der Waals surface area contributed by atoms with Gasteiger partial charge in [0.25, 0.3) is 11.8 Å². The normalized spacial score (nSPS) is 13.8. The standard InChI is InChI=1S/C33H27N5O3/c1-21-30-28(37-38-32(39)27-14-7-10-22-9-5-6-13-26(22)27)15-8-16-29(30)41-31(21)33(40)34-23-17-19-25(20-18-23)36-35-24-11-3-2-4-12-24/h2-7,9-14,17-20H,8,15-16H2,1H3,(H,34,40)(H,38,39)/b36-35?,37-28+. The Morgan fingerprint density at radius 3 is 2.27 bits per heavy atom. The minimum Gasteiger partial charge on any atom is -0.455 e. The molecule has 4 aromatic carbocycles. The zero-order valence-corrected chi connectivity index (χ0v) is 22.4. The molecular formula is C33H27N5O3. The SMILES string of the molecule is Cc1c(C(=O)Nc2ccc(N=Nc3ccccc3)cc2)oc2c1/C(=N/NC(=O)c1cccc3ccccc13)CCC2. The van der Waals surface area contributed by atoms with Crippen LogP contribution in [0.1, 0.15) is 50.6 Å². The predicted molar refractivity (Wildman–Crippen MR) is 159 cm³/mol. The summed E-state index contributed by atoms with van der Waals surface area (Å²) in [6, 6.07) is 29.9. The van der Waals surface area contributed by atoms with Crippen molar-refractivity contribution in [2.24, 2.45) is 15.3 Å². The molecule has 41 heavy (non-hydrogen) atoms. The first kappa shape index (κ1) is 25.9. The van der Waals surface area contributed by atoms with Gasteiger partial charge in [-0.25, -0.2) is 5.43 Å². The van der Waals surface area contributed by atoms with Gasteiger partial charge in [0.2, 0.25) is 0 Å². The summed E-state index contributed by atoms with van der Waals surface area (Å²) in [5.41, 5.74) is 7.51. The van der Waals surface area contributed by atoms with Crippen LogP contribution in [0, 0.1) is 6.92 Å². The fourth-order valence-electron chi connectivity index (χ4n) is 5.01. The quantitative estimate of drug-likeness (QED) is 0.169. The molecule has 0 radical (unpaired) electrons. The number of carbonyl (C=O) groups excluding carboxylic acids is 2. The van der Waals surface area contributed by atoms with E-state index in [1.54, 1.807) is 30.3 Å². The average molecular weight is 542 g/mol. The largest absolute Gasteiger partial charge is 0.455 e. The van der Waals surface area contributed by atoms with Gasteiger partial charge < -0.3 is 9.73 Å². The second kappa shape index (κ2) is 11.4. The third kappa shape index (κ3) is 5.53. The lowest BCUT2D eigenvalue weighted by molar-refractivity contribution is 0.0955. The van der Waals surface area contributed by atoms with Crippen LogP contribution in [-0.2, 0) is 6.42 Å². The van der Waals surface area contributed by atoms with Crippen molar-refractivity contribution >= 4 is 45.4 Å². The first-order valence-corrected chi connectivity index (χ1v) is 13.4. The summed E-state index contributed by atoms with van der Waals surface area (Å²) in [6.07, 6.45) is 2.17. The number of nitrogens with one attached hydrogen (secondary N) is 2. The highest BCUT2D eigenvalue weighted by atomic mass is 16.4. The highest BCUT2D eigenvalue weighted by Gasteiger charge is 2.28. The maximum atomic E-state index is 13.2. The van der Waals surface area contributed by atoms with Gasteiger partial charge in [0.1, 0.15) is 5.76 Å². The van der Waals surface area contributed by atoms with Crippen LogP contribution in [0.2, 0.25) is 0 Å². The molecule has 1 heterocycles. The summed E-state index contributed by atoms with van der Waals surface area (Å²) in [4.78, 5) is 26.2. The van der Waals surface area contributed by atoms with Gasteiger partial charge in [-0.2, -0.15) is 15.3 Å². The number of hydrogen-bond donors (Lipinski definition) is 2. The van der Waals surface area contributed by atoms with Crippen LogP contribution in [0.15, 0.2) is 117 Å². The molecule has 1 aliphatic carbocycles. The van der Waals surface area contributed by atoms with Crippen molar-refractivity contribution < 1.29 is 14.0 Å². The van der Waals surface area contributed by atoms with E-state index < -0.39 is 0 Å². The van der Waals surface area contributed by atoms with Crippen molar-refractivity contribution in [2.45, 2.75) is 26.2 Å². The van der Waals surface area contributed by atoms with E-state index >= 15 is 0 Å². The molecule has 0 saturated heterocycles. The van der Waals surface area contributed by atoms with Crippen molar-refractivity contribution in [1.82, 2.24) is 5.43 Å². The number of azo groups is 1. The molecule has 0 saturated carbocycles. The number of carbonyl (C=O) groups is 2. The van der Waals surface area contributed by atoms with Gasteiger partial charge in [0, 0.05) is 28.8 Å². The van der Waals surface area contributed by atoms with Crippen molar-refractivity contribution in [2.75, 3.05) is 5.32 Å². The number of hydrogen-bond acceptors (Lipinski definition) is 6. The predicted octanol–water partition coefficient (Wildman–Crippen LogP) is 7.88. The molecule has 1 aromatic heterocycles. The lowest BCUT2D eigenvalue weighted by Crippen LogP contribution is -2.22. The Kier molecular flexibility index (Phi) is 7.19. The zero-order valence-electron chi connectivity index (χ0n) is 22.4. The topological polar surface area (TPSA) is 108 Å². The van der Waals surface area contributed by atoms with Crippen LogP contribution >= 0.6 is 0 Å². The Hall–Kier alpha value is -5.37. The second-order valence-electron chi connectivity index (χ2n) is 9.77. The van der Waals surface area contributed by atoms with Gasteiger partial charge in [-0.3, -0.25) is 9.59 Å². The van der Waals surface area contributed by atoms with E-state index in [-0.39, 0.29) is 17.6 Å². The Bertz CT molecular complexity index is 1800. The minimum absolute atomic E-state index is 0.234. The molecule has 8 heteroatoms. The molecule has 0 spiro atoms. The van der Waals surface area contributed by atoms with E-state index in [0.29, 0.717) is 46.8 Å². The number of nitrogens with zero attached hydrogens (tertiary/aromatic N) is 3. The van der Waals surface area contributed by atoms with Crippen molar-refractivity contribution in [3.63, 3.8) is 0 Å². The fourth-order valence-corrected chi connectivity index (χ4v) is 5.01. The smallest absolute Gasteiger partial charge is 0.291 e. The summed E-state index contributed by atoms with van der Waals surface area (Å²) >= 11 is 0. The highest BCUT2D eigenvalue weighted by molar-refractivity contribution is 6.11. The van der Waals surface area contributed by atoms with E-state index in [4.69, 9.17) is 4.42 Å². The number of hydrazone groups is 1. The van der Waals surface area contributed by atoms with E-state index in [9.17, 15) is 9.59 Å². The Morgan fingerprint density at radius 1 is 0.756 bits per heavy atom. The summed E-state index contributed by atoms with van der Waals surface area (Å²) < 4.78 is 6.02. The van der Waals surface area contributed by atoms with Gasteiger partial charge >= 0.3 is 0 Å². The van der Waals surface area contributed by atoms with Crippen LogP contribution in [0.5, 0.6) is 0 Å². The highest BCUT2D eigenvalue weighted by Crippen LogP contribution is 2.31. The number of aryl methyl sites for hydroxylation is 1. The zero-order chi connectivity index (χ0) is 28.2. The van der Waals surface area contributed by atoms with Gasteiger partial charge in [0.15, 0.2) is 5.76 Å². The molecule has 0 aliphatic heterocycles. The molecule has 1 aliphatic rings. The fraction of sp³-hybridized carbons (Fsp3) is 0.121. The molecule has 202 valence electrons. The third-order valence-electron chi connectivity index (χ3n) is 7.02. The van der Waals surface area contributed by atoms with Crippen LogP contribution in [0.3, 0.4) is 0 Å². The lowest BCUT2D eigenvalue weighted by Gasteiger charge is -2.13.